The molecule has 246 valence electrons. The molecule has 11 nitrogen and oxygen atoms in total. The molecule has 6 rings (SSSR count). The minimum Gasteiger partial charge on any atom is -0.461 e. The zero-order valence-electron chi connectivity index (χ0n) is 26.0. The third-order valence-electron chi connectivity index (χ3n) is 8.16. The van der Waals surface area contributed by atoms with Crippen LogP contribution in [0.2, 0.25) is 5.02 Å². The van der Waals surface area contributed by atoms with Gasteiger partial charge in [-0.25, -0.2) is 9.18 Å². The summed E-state index contributed by atoms with van der Waals surface area (Å²) in [6, 6.07) is 18.5. The molecule has 2 heterocycles. The van der Waals surface area contributed by atoms with Crippen LogP contribution in [-0.4, -0.2) is 51.5 Å². The van der Waals surface area contributed by atoms with Gasteiger partial charge in [0.25, 0.3) is 5.91 Å². The second-order valence-electron chi connectivity index (χ2n) is 11.7. The van der Waals surface area contributed by atoms with Crippen LogP contribution in [0.15, 0.2) is 72.8 Å². The molecule has 1 aliphatic carbocycles. The van der Waals surface area contributed by atoms with Gasteiger partial charge in [-0.05, 0) is 79.4 Å². The number of amides is 3. The van der Waals surface area contributed by atoms with Crippen LogP contribution < -0.4 is 16.0 Å². The van der Waals surface area contributed by atoms with Crippen molar-refractivity contribution < 1.29 is 28.3 Å². The lowest BCUT2D eigenvalue weighted by Gasteiger charge is -2.19. The van der Waals surface area contributed by atoms with E-state index in [-0.39, 0.29) is 52.5 Å². The largest absolute Gasteiger partial charge is 0.461 e. The molecule has 3 atom stereocenters. The maximum absolute atomic E-state index is 14.6. The summed E-state index contributed by atoms with van der Waals surface area (Å²) in [4.78, 5) is 54.6. The van der Waals surface area contributed by atoms with Crippen molar-refractivity contribution in [3.63, 3.8) is 0 Å². The lowest BCUT2D eigenvalue weighted by molar-refractivity contribution is -0.118. The minimum absolute atomic E-state index is 0.00905. The van der Waals surface area contributed by atoms with Crippen LogP contribution in [0.5, 0.6) is 0 Å². The zero-order chi connectivity index (χ0) is 33.9. The molecule has 3 aromatic carbocycles. The summed E-state index contributed by atoms with van der Waals surface area (Å²) >= 11 is 5.92. The molecule has 13 heteroatoms. The van der Waals surface area contributed by atoms with Gasteiger partial charge in [-0.3, -0.25) is 19.5 Å². The molecule has 1 aliphatic rings. The number of H-pyrrole nitrogens is 2. The number of aromatic amines is 2. The van der Waals surface area contributed by atoms with E-state index in [1.165, 1.54) is 18.2 Å². The Bertz CT molecular complexity index is 2020. The number of aromatic nitrogens is 3. The maximum atomic E-state index is 14.6. The molecule has 1 fully saturated rings. The number of nitrogens with zero attached hydrogens (tertiary/aromatic N) is 1. The third-order valence-corrected chi connectivity index (χ3v) is 8.45. The number of anilines is 2. The maximum Gasteiger partial charge on any atom is 0.354 e. The summed E-state index contributed by atoms with van der Waals surface area (Å²) in [5.41, 5.74) is 3.04. The Kier molecular flexibility index (Phi) is 9.26. The second-order valence-corrected chi connectivity index (χ2v) is 12.1. The van der Waals surface area contributed by atoms with Gasteiger partial charge in [-0.1, -0.05) is 36.7 Å². The number of ether oxygens (including phenoxy) is 1. The Morgan fingerprint density at radius 2 is 1.75 bits per heavy atom. The number of carbonyl (C=O) groups is 4. The number of nitrogens with one attached hydrogen (secondary N) is 5. The minimum atomic E-state index is -1.06. The molecule has 2 aromatic heterocycles. The van der Waals surface area contributed by atoms with E-state index in [9.17, 15) is 23.6 Å². The summed E-state index contributed by atoms with van der Waals surface area (Å²) in [7, 11) is 0. The molecule has 3 amide bonds. The summed E-state index contributed by atoms with van der Waals surface area (Å²) in [6.45, 7) is 3.98. The van der Waals surface area contributed by atoms with Crippen LogP contribution in [0.1, 0.15) is 46.8 Å². The van der Waals surface area contributed by atoms with Crippen molar-refractivity contribution in [1.82, 2.24) is 20.5 Å². The van der Waals surface area contributed by atoms with Crippen LogP contribution in [0.25, 0.3) is 22.2 Å². The highest BCUT2D eigenvalue weighted by Gasteiger charge is 2.39. The number of halogens is 2. The Hall–Kier alpha value is -5.49. The van der Waals surface area contributed by atoms with Gasteiger partial charge in [0.15, 0.2) is 5.82 Å². The fraction of sp³-hybridized carbons (Fsp3) is 0.229. The Morgan fingerprint density at radius 3 is 2.48 bits per heavy atom. The Morgan fingerprint density at radius 1 is 1.00 bits per heavy atom. The van der Waals surface area contributed by atoms with E-state index >= 15 is 0 Å². The highest BCUT2D eigenvalue weighted by molar-refractivity contribution is 6.31. The average Bonchev–Trinajstić information content (AvgIpc) is 3.42. The SMILES string of the molecule is CCOC(=O)c1cc2cc(NC(=O)[C@H](Cc3ccc(NC(=O)[C@H]4C[C@@H]4C)cc3)NC(=O)c3cc(-c4cccc(Cl)c4F)n[nH]3)ccc2[nH]1. The standard InChI is InChI=1S/C35H32ClFN6O5/c1-3-48-35(47)30-16-20-15-22(11-12-26(20)40-30)39-33(45)28(14-19-7-9-21(10-8-19)38-32(44)24-13-18(24)2)41-34(46)29-17-27(42-43-29)23-5-4-6-25(36)31(23)37/h4-12,15-18,24,28,40H,3,13-14H2,1-2H3,(H,38,44)(H,39,45)(H,41,46)(H,42,43)/t18-,24-,28-/m0/s1. The van der Waals surface area contributed by atoms with E-state index in [4.69, 9.17) is 16.3 Å². The molecule has 48 heavy (non-hydrogen) atoms. The van der Waals surface area contributed by atoms with Crippen molar-refractivity contribution in [2.24, 2.45) is 11.8 Å². The molecule has 0 bridgehead atoms. The highest BCUT2D eigenvalue weighted by atomic mass is 35.5. The van der Waals surface area contributed by atoms with Crippen molar-refractivity contribution in [3.05, 3.63) is 101 Å². The van der Waals surface area contributed by atoms with Crippen LogP contribution in [0.3, 0.4) is 0 Å². The summed E-state index contributed by atoms with van der Waals surface area (Å²) in [5.74, 6) is -1.94. The molecule has 0 unspecified atom stereocenters. The predicted octanol–water partition coefficient (Wildman–Crippen LogP) is 6.10. The quantitative estimate of drug-likeness (QED) is 0.107. The van der Waals surface area contributed by atoms with E-state index in [0.29, 0.717) is 28.2 Å². The van der Waals surface area contributed by atoms with Crippen molar-refractivity contribution in [2.75, 3.05) is 17.2 Å². The van der Waals surface area contributed by atoms with E-state index in [0.717, 1.165) is 12.0 Å². The van der Waals surface area contributed by atoms with Crippen molar-refractivity contribution >= 4 is 57.6 Å². The first kappa shape index (κ1) is 32.5. The lowest BCUT2D eigenvalue weighted by Crippen LogP contribution is -2.45. The molecular formula is C35H32ClFN6O5. The van der Waals surface area contributed by atoms with Gasteiger partial charge in [-0.2, -0.15) is 5.10 Å². The molecule has 0 saturated heterocycles. The summed E-state index contributed by atoms with van der Waals surface area (Å²) in [6.07, 6.45) is 0.977. The first-order chi connectivity index (χ1) is 23.1. The summed E-state index contributed by atoms with van der Waals surface area (Å²) < 4.78 is 19.7. The smallest absolute Gasteiger partial charge is 0.354 e. The van der Waals surface area contributed by atoms with Gasteiger partial charge in [-0.15, -0.1) is 0 Å². The molecule has 1 saturated carbocycles. The number of esters is 1. The van der Waals surface area contributed by atoms with Gasteiger partial charge in [0, 0.05) is 40.2 Å². The number of fused-ring (bicyclic) bond motifs is 1. The van der Waals surface area contributed by atoms with Crippen molar-refractivity contribution in [1.29, 1.82) is 0 Å². The van der Waals surface area contributed by atoms with E-state index in [2.05, 4.69) is 31.1 Å². The molecule has 0 spiro atoms. The predicted molar refractivity (Wildman–Crippen MR) is 179 cm³/mol. The van der Waals surface area contributed by atoms with Crippen LogP contribution in [0, 0.1) is 17.7 Å². The molecule has 5 aromatic rings. The molecule has 0 radical (unpaired) electrons. The van der Waals surface area contributed by atoms with Gasteiger partial charge in [0.05, 0.1) is 17.3 Å². The first-order valence-electron chi connectivity index (χ1n) is 15.4. The van der Waals surface area contributed by atoms with E-state index < -0.39 is 29.6 Å². The molecular weight excluding hydrogens is 639 g/mol. The topological polar surface area (TPSA) is 158 Å². The lowest BCUT2D eigenvalue weighted by atomic mass is 10.0. The van der Waals surface area contributed by atoms with Crippen molar-refractivity contribution in [2.45, 2.75) is 32.7 Å². The Labute approximate surface area is 279 Å². The summed E-state index contributed by atoms with van der Waals surface area (Å²) in [5, 5.41) is 15.8. The monoisotopic (exact) mass is 670 g/mol. The Balaban J connectivity index is 1.21. The van der Waals surface area contributed by atoms with Gasteiger partial charge < -0.3 is 25.7 Å². The van der Waals surface area contributed by atoms with E-state index in [1.807, 2.05) is 6.92 Å². The van der Waals surface area contributed by atoms with Gasteiger partial charge in [0.2, 0.25) is 11.8 Å². The average molecular weight is 671 g/mol. The second kappa shape index (κ2) is 13.7. The van der Waals surface area contributed by atoms with Crippen LogP contribution in [0.4, 0.5) is 15.8 Å². The van der Waals surface area contributed by atoms with E-state index in [1.54, 1.807) is 61.5 Å². The fourth-order valence-corrected chi connectivity index (χ4v) is 5.54. The molecule has 0 aliphatic heterocycles. The third kappa shape index (κ3) is 7.23. The number of carbonyl (C=O) groups excluding carboxylic acids is 4. The van der Waals surface area contributed by atoms with Crippen molar-refractivity contribution in [3.8, 4) is 11.3 Å². The zero-order valence-corrected chi connectivity index (χ0v) is 26.8. The number of rotatable bonds is 11. The number of benzene rings is 3. The normalized spacial score (nSPS) is 15.8. The van der Waals surface area contributed by atoms with Gasteiger partial charge in [0.1, 0.15) is 17.4 Å². The van der Waals surface area contributed by atoms with Gasteiger partial charge >= 0.3 is 5.97 Å². The van der Waals surface area contributed by atoms with Crippen LogP contribution in [-0.2, 0) is 20.7 Å². The van der Waals surface area contributed by atoms with Crippen LogP contribution >= 0.6 is 11.6 Å². The first-order valence-corrected chi connectivity index (χ1v) is 15.8. The highest BCUT2D eigenvalue weighted by Crippen LogP contribution is 2.38. The number of hydrogen-bond donors (Lipinski definition) is 5. The fourth-order valence-electron chi connectivity index (χ4n) is 5.36. The molecule has 5 N–H and O–H groups in total. The number of hydrogen-bond acceptors (Lipinski definition) is 6.